The quantitative estimate of drug-likeness (QED) is 0.876. The fraction of sp³-hybridized carbons (Fsp3) is 0.733. The number of aryl methyl sites for hydroxylation is 1. The van der Waals surface area contributed by atoms with Crippen LogP contribution >= 0.6 is 11.6 Å². The first-order chi connectivity index (χ1) is 10.1. The molecule has 1 aliphatic heterocycles. The maximum absolute atomic E-state index is 12.0. The number of rotatable bonds is 6. The van der Waals surface area contributed by atoms with Crippen LogP contribution in [0.2, 0.25) is 5.02 Å². The van der Waals surface area contributed by atoms with Crippen molar-refractivity contribution in [3.05, 3.63) is 21.6 Å². The van der Waals surface area contributed by atoms with Crippen LogP contribution in [-0.4, -0.2) is 40.9 Å². The summed E-state index contributed by atoms with van der Waals surface area (Å²) in [5.41, 5.74) is 0.426. The van der Waals surface area contributed by atoms with Gasteiger partial charge in [-0.25, -0.2) is 4.68 Å². The molecule has 0 amide bonds. The molecule has 0 atom stereocenters. The van der Waals surface area contributed by atoms with Crippen molar-refractivity contribution in [2.45, 2.75) is 39.7 Å². The molecular weight excluding hydrogens is 288 g/mol. The zero-order valence-electron chi connectivity index (χ0n) is 12.9. The summed E-state index contributed by atoms with van der Waals surface area (Å²) in [5, 5.41) is 7.62. The topological polar surface area (TPSA) is 50.2 Å². The third kappa shape index (κ3) is 4.45. The number of nitrogens with zero attached hydrogens (tertiary/aromatic N) is 3. The van der Waals surface area contributed by atoms with E-state index in [1.54, 1.807) is 6.20 Å². The molecule has 1 N–H and O–H groups in total. The van der Waals surface area contributed by atoms with Gasteiger partial charge in [0.1, 0.15) is 5.02 Å². The van der Waals surface area contributed by atoms with Gasteiger partial charge < -0.3 is 10.2 Å². The molecule has 0 aromatic carbocycles. The first kappa shape index (κ1) is 16.3. The van der Waals surface area contributed by atoms with E-state index >= 15 is 0 Å². The molecule has 0 unspecified atom stereocenters. The molecule has 0 bridgehead atoms. The molecule has 118 valence electrons. The first-order valence-corrected chi connectivity index (χ1v) is 8.21. The highest BCUT2D eigenvalue weighted by atomic mass is 35.5. The molecule has 6 heteroatoms. The second kappa shape index (κ2) is 7.80. The predicted molar refractivity (Wildman–Crippen MR) is 87.1 cm³/mol. The number of halogens is 1. The first-order valence-electron chi connectivity index (χ1n) is 7.83. The lowest BCUT2D eigenvalue weighted by Crippen LogP contribution is -2.36. The lowest BCUT2D eigenvalue weighted by molar-refractivity contribution is 0.199. The Balaban J connectivity index is 1.86. The molecule has 2 rings (SSSR count). The fourth-order valence-corrected chi connectivity index (χ4v) is 2.81. The van der Waals surface area contributed by atoms with Crippen LogP contribution in [0.1, 0.15) is 33.1 Å². The summed E-state index contributed by atoms with van der Waals surface area (Å²) in [6, 6.07) is 0. The molecule has 1 aliphatic rings. The second-order valence-electron chi connectivity index (χ2n) is 5.85. The minimum atomic E-state index is -0.213. The Morgan fingerprint density at radius 2 is 2.10 bits per heavy atom. The summed E-state index contributed by atoms with van der Waals surface area (Å²) < 4.78 is 1.42. The van der Waals surface area contributed by atoms with E-state index < -0.39 is 0 Å². The van der Waals surface area contributed by atoms with Crippen LogP contribution < -0.4 is 10.9 Å². The number of anilines is 1. The summed E-state index contributed by atoms with van der Waals surface area (Å²) in [7, 11) is 0. The van der Waals surface area contributed by atoms with Gasteiger partial charge in [0.25, 0.3) is 5.56 Å². The Morgan fingerprint density at radius 1 is 1.38 bits per heavy atom. The molecule has 21 heavy (non-hydrogen) atoms. The Morgan fingerprint density at radius 3 is 2.76 bits per heavy atom. The minimum absolute atomic E-state index is 0.213. The van der Waals surface area contributed by atoms with Crippen molar-refractivity contribution < 1.29 is 0 Å². The van der Waals surface area contributed by atoms with Gasteiger partial charge in [-0.15, -0.1) is 0 Å². The van der Waals surface area contributed by atoms with E-state index in [4.69, 9.17) is 11.6 Å². The average molecular weight is 313 g/mol. The van der Waals surface area contributed by atoms with Crippen molar-refractivity contribution in [2.75, 3.05) is 31.5 Å². The van der Waals surface area contributed by atoms with Crippen molar-refractivity contribution in [1.82, 2.24) is 14.7 Å². The van der Waals surface area contributed by atoms with Gasteiger partial charge in [-0.05, 0) is 38.3 Å². The summed E-state index contributed by atoms with van der Waals surface area (Å²) in [6.45, 7) is 9.00. The normalized spacial score (nSPS) is 17.1. The van der Waals surface area contributed by atoms with E-state index in [9.17, 15) is 4.79 Å². The molecule has 1 saturated heterocycles. The fourth-order valence-electron chi connectivity index (χ4n) is 2.59. The van der Waals surface area contributed by atoms with E-state index in [1.165, 1.54) is 17.5 Å². The highest BCUT2D eigenvalue weighted by Gasteiger charge is 2.15. The third-order valence-electron chi connectivity index (χ3n) is 4.04. The Kier molecular flexibility index (Phi) is 6.06. The monoisotopic (exact) mass is 312 g/mol. The molecular formula is C15H25ClN4O. The van der Waals surface area contributed by atoms with Crippen LogP contribution in [-0.2, 0) is 6.54 Å². The number of hydrogen-bond donors (Lipinski definition) is 1. The minimum Gasteiger partial charge on any atom is -0.381 e. The Labute approximate surface area is 131 Å². The highest BCUT2D eigenvalue weighted by molar-refractivity contribution is 6.32. The molecule has 1 fully saturated rings. The van der Waals surface area contributed by atoms with Crippen molar-refractivity contribution in [3.63, 3.8) is 0 Å². The molecule has 5 nitrogen and oxygen atoms in total. The van der Waals surface area contributed by atoms with Gasteiger partial charge in [-0.1, -0.05) is 25.4 Å². The van der Waals surface area contributed by atoms with Crippen LogP contribution in [0.4, 0.5) is 5.69 Å². The zero-order valence-corrected chi connectivity index (χ0v) is 13.7. The van der Waals surface area contributed by atoms with Crippen LogP contribution in [0.25, 0.3) is 0 Å². The largest absolute Gasteiger partial charge is 0.381 e. The van der Waals surface area contributed by atoms with Gasteiger partial charge >= 0.3 is 0 Å². The van der Waals surface area contributed by atoms with Gasteiger partial charge in [0.2, 0.25) is 0 Å². The lowest BCUT2D eigenvalue weighted by Gasteiger charge is -2.30. The summed E-state index contributed by atoms with van der Waals surface area (Å²) >= 11 is 6.13. The van der Waals surface area contributed by atoms with Gasteiger partial charge in [0.15, 0.2) is 0 Å². The number of likely N-dealkylation sites (tertiary alicyclic amines) is 1. The van der Waals surface area contributed by atoms with Crippen LogP contribution in [0.5, 0.6) is 0 Å². The molecule has 1 aromatic rings. The van der Waals surface area contributed by atoms with Gasteiger partial charge in [-0.2, -0.15) is 5.10 Å². The molecule has 0 saturated carbocycles. The number of hydrogen-bond acceptors (Lipinski definition) is 4. The van der Waals surface area contributed by atoms with Gasteiger partial charge in [-0.3, -0.25) is 4.79 Å². The van der Waals surface area contributed by atoms with Crippen LogP contribution in [0.15, 0.2) is 11.0 Å². The Hall–Kier alpha value is -1.07. The highest BCUT2D eigenvalue weighted by Crippen LogP contribution is 2.17. The number of nitrogens with one attached hydrogen (secondary N) is 1. The zero-order chi connectivity index (χ0) is 15.2. The smallest absolute Gasteiger partial charge is 0.287 e. The number of piperidine rings is 1. The lowest BCUT2D eigenvalue weighted by atomic mass is 9.99. The molecule has 0 aliphatic carbocycles. The van der Waals surface area contributed by atoms with Gasteiger partial charge in [0.05, 0.1) is 11.9 Å². The van der Waals surface area contributed by atoms with Gasteiger partial charge in [0, 0.05) is 19.6 Å². The molecule has 2 heterocycles. The summed E-state index contributed by atoms with van der Waals surface area (Å²) in [5.74, 6) is 0.846. The SMILES string of the molecule is CCCn1ncc(NCCN2CCC(C)CC2)c(Cl)c1=O. The molecule has 0 spiro atoms. The summed E-state index contributed by atoms with van der Waals surface area (Å²) in [6.07, 6.45) is 5.06. The molecule has 0 radical (unpaired) electrons. The maximum Gasteiger partial charge on any atom is 0.287 e. The van der Waals surface area contributed by atoms with Crippen molar-refractivity contribution >= 4 is 17.3 Å². The van der Waals surface area contributed by atoms with E-state index in [0.29, 0.717) is 12.2 Å². The molecule has 1 aromatic heterocycles. The van der Waals surface area contributed by atoms with Crippen LogP contribution in [0, 0.1) is 5.92 Å². The third-order valence-corrected chi connectivity index (χ3v) is 4.41. The van der Waals surface area contributed by atoms with Crippen molar-refractivity contribution in [1.29, 1.82) is 0 Å². The average Bonchev–Trinajstić information content (AvgIpc) is 2.48. The van der Waals surface area contributed by atoms with E-state index in [1.807, 2.05) is 6.92 Å². The summed E-state index contributed by atoms with van der Waals surface area (Å²) in [4.78, 5) is 14.4. The van der Waals surface area contributed by atoms with E-state index in [-0.39, 0.29) is 10.6 Å². The predicted octanol–water partition coefficient (Wildman–Crippen LogP) is 2.45. The van der Waals surface area contributed by atoms with Crippen LogP contribution in [0.3, 0.4) is 0 Å². The second-order valence-corrected chi connectivity index (χ2v) is 6.23. The van der Waals surface area contributed by atoms with E-state index in [2.05, 4.69) is 22.2 Å². The van der Waals surface area contributed by atoms with Crippen molar-refractivity contribution in [2.24, 2.45) is 5.92 Å². The number of aromatic nitrogens is 2. The van der Waals surface area contributed by atoms with E-state index in [0.717, 1.165) is 38.5 Å². The van der Waals surface area contributed by atoms with Crippen molar-refractivity contribution in [3.8, 4) is 0 Å². The standard InChI is InChI=1S/C15H25ClN4O/c1-3-7-20-15(21)14(16)13(11-18-20)17-6-10-19-8-4-12(2)5-9-19/h11-12,17H,3-10H2,1-2H3. The Bertz CT molecular complexity index is 509. The maximum atomic E-state index is 12.0.